The summed E-state index contributed by atoms with van der Waals surface area (Å²) in [6.45, 7) is 0. The standard InChI is InChI=1S/C14H19NO4S/c1-19-12-7-3-2-6-11(12)15-13(16)10-20-9-5-4-8-14(17)18/h2-3,6-7H,4-5,8-10H2,1H3,(H,15,16)(H,17,18). The summed E-state index contributed by atoms with van der Waals surface area (Å²) in [7, 11) is 1.56. The molecule has 0 spiro atoms. The monoisotopic (exact) mass is 297 g/mol. The van der Waals surface area contributed by atoms with E-state index < -0.39 is 5.97 Å². The lowest BCUT2D eigenvalue weighted by molar-refractivity contribution is -0.137. The minimum atomic E-state index is -0.774. The number of benzene rings is 1. The van der Waals surface area contributed by atoms with Gasteiger partial charge in [0, 0.05) is 6.42 Å². The molecule has 1 amide bonds. The second-order valence-electron chi connectivity index (χ2n) is 4.15. The topological polar surface area (TPSA) is 75.6 Å². The van der Waals surface area contributed by atoms with Crippen LogP contribution in [0.1, 0.15) is 19.3 Å². The maximum absolute atomic E-state index is 11.7. The van der Waals surface area contributed by atoms with Gasteiger partial charge in [0.1, 0.15) is 5.75 Å². The minimum Gasteiger partial charge on any atom is -0.495 e. The molecule has 0 unspecified atom stereocenters. The van der Waals surface area contributed by atoms with Gasteiger partial charge in [0.15, 0.2) is 0 Å². The van der Waals surface area contributed by atoms with Gasteiger partial charge in [0.25, 0.3) is 0 Å². The number of rotatable bonds is 9. The van der Waals surface area contributed by atoms with E-state index in [4.69, 9.17) is 9.84 Å². The predicted molar refractivity (Wildman–Crippen MR) is 80.4 cm³/mol. The zero-order chi connectivity index (χ0) is 14.8. The Hall–Kier alpha value is -1.69. The molecule has 110 valence electrons. The van der Waals surface area contributed by atoms with E-state index in [9.17, 15) is 9.59 Å². The fraction of sp³-hybridized carbons (Fsp3) is 0.429. The van der Waals surface area contributed by atoms with Crippen LogP contribution < -0.4 is 10.1 Å². The van der Waals surface area contributed by atoms with Crippen LogP contribution in [-0.2, 0) is 9.59 Å². The fourth-order valence-electron chi connectivity index (χ4n) is 1.58. The van der Waals surface area contributed by atoms with Gasteiger partial charge in [-0.05, 0) is 30.7 Å². The fourth-order valence-corrected chi connectivity index (χ4v) is 2.39. The molecule has 5 nitrogen and oxygen atoms in total. The summed E-state index contributed by atoms with van der Waals surface area (Å²) in [5.41, 5.74) is 0.659. The number of methoxy groups -OCH3 is 1. The van der Waals surface area contributed by atoms with Crippen molar-refractivity contribution in [1.82, 2.24) is 0 Å². The predicted octanol–water partition coefficient (Wildman–Crippen LogP) is 2.62. The van der Waals surface area contributed by atoms with Crippen molar-refractivity contribution in [3.8, 4) is 5.75 Å². The van der Waals surface area contributed by atoms with Crippen molar-refractivity contribution in [3.63, 3.8) is 0 Å². The highest BCUT2D eigenvalue weighted by Crippen LogP contribution is 2.23. The molecule has 6 heteroatoms. The number of carbonyl (C=O) groups is 2. The van der Waals surface area contributed by atoms with Crippen LogP contribution in [0.5, 0.6) is 5.75 Å². The average Bonchev–Trinajstić information content (AvgIpc) is 2.43. The number of hydrogen-bond acceptors (Lipinski definition) is 4. The number of hydrogen-bond donors (Lipinski definition) is 2. The number of thioether (sulfide) groups is 1. The molecule has 2 N–H and O–H groups in total. The summed E-state index contributed by atoms with van der Waals surface area (Å²) in [5.74, 6) is 0.909. The van der Waals surface area contributed by atoms with Crippen molar-refractivity contribution < 1.29 is 19.4 Å². The summed E-state index contributed by atoms with van der Waals surface area (Å²) in [6.07, 6.45) is 1.64. The molecule has 0 aliphatic carbocycles. The van der Waals surface area contributed by atoms with E-state index in [2.05, 4.69) is 5.32 Å². The summed E-state index contributed by atoms with van der Waals surface area (Å²) in [6, 6.07) is 7.24. The number of ether oxygens (including phenoxy) is 1. The third-order valence-electron chi connectivity index (χ3n) is 2.54. The molecular weight excluding hydrogens is 278 g/mol. The van der Waals surface area contributed by atoms with E-state index >= 15 is 0 Å². The van der Waals surface area contributed by atoms with Crippen LogP contribution >= 0.6 is 11.8 Å². The van der Waals surface area contributed by atoms with Gasteiger partial charge in [-0.2, -0.15) is 11.8 Å². The van der Waals surface area contributed by atoms with Crippen molar-refractivity contribution in [2.24, 2.45) is 0 Å². The number of anilines is 1. The molecule has 0 fully saturated rings. The highest BCUT2D eigenvalue weighted by Gasteiger charge is 2.06. The highest BCUT2D eigenvalue weighted by molar-refractivity contribution is 7.99. The third kappa shape index (κ3) is 6.47. The molecule has 1 aromatic carbocycles. The number of unbranched alkanes of at least 4 members (excludes halogenated alkanes) is 1. The Kier molecular flexibility index (Phi) is 7.57. The van der Waals surface area contributed by atoms with E-state index in [1.54, 1.807) is 19.2 Å². The number of carboxylic acids is 1. The quantitative estimate of drug-likeness (QED) is 0.685. The van der Waals surface area contributed by atoms with Crippen LogP contribution in [0.15, 0.2) is 24.3 Å². The summed E-state index contributed by atoms with van der Waals surface area (Å²) >= 11 is 1.50. The van der Waals surface area contributed by atoms with Gasteiger partial charge in [0.05, 0.1) is 18.6 Å². The molecule has 0 radical (unpaired) electrons. The first-order valence-electron chi connectivity index (χ1n) is 6.36. The lowest BCUT2D eigenvalue weighted by Gasteiger charge is -2.09. The number of carboxylic acid groups (broad SMARTS) is 1. The lowest BCUT2D eigenvalue weighted by atomic mass is 10.3. The molecule has 0 atom stereocenters. The number of para-hydroxylation sites is 2. The largest absolute Gasteiger partial charge is 0.495 e. The Labute approximate surface area is 122 Å². The third-order valence-corrected chi connectivity index (χ3v) is 3.59. The molecule has 0 aromatic heterocycles. The van der Waals surface area contributed by atoms with E-state index in [0.717, 1.165) is 12.2 Å². The summed E-state index contributed by atoms with van der Waals surface area (Å²) in [4.78, 5) is 22.1. The summed E-state index contributed by atoms with van der Waals surface area (Å²) < 4.78 is 5.15. The van der Waals surface area contributed by atoms with Crippen LogP contribution in [0.2, 0.25) is 0 Å². The second-order valence-corrected chi connectivity index (χ2v) is 5.26. The zero-order valence-corrected chi connectivity index (χ0v) is 12.2. The van der Waals surface area contributed by atoms with Gasteiger partial charge in [-0.3, -0.25) is 9.59 Å². The Bertz CT molecular complexity index is 451. The zero-order valence-electron chi connectivity index (χ0n) is 11.4. The Morgan fingerprint density at radius 2 is 2.05 bits per heavy atom. The normalized spacial score (nSPS) is 10.1. The van der Waals surface area contributed by atoms with E-state index in [1.807, 2.05) is 12.1 Å². The SMILES string of the molecule is COc1ccccc1NC(=O)CSCCCCC(=O)O. The van der Waals surface area contributed by atoms with Gasteiger partial charge >= 0.3 is 5.97 Å². The van der Waals surface area contributed by atoms with Crippen LogP contribution in [-0.4, -0.2) is 35.6 Å². The molecule has 0 saturated carbocycles. The average molecular weight is 297 g/mol. The molecular formula is C14H19NO4S. The Morgan fingerprint density at radius 1 is 1.30 bits per heavy atom. The Morgan fingerprint density at radius 3 is 2.75 bits per heavy atom. The minimum absolute atomic E-state index is 0.0854. The Balaban J connectivity index is 2.22. The number of aliphatic carboxylic acids is 1. The maximum atomic E-state index is 11.7. The van der Waals surface area contributed by atoms with Gasteiger partial charge in [-0.15, -0.1) is 0 Å². The first kappa shape index (κ1) is 16.4. The molecule has 0 saturated heterocycles. The molecule has 0 aliphatic rings. The number of amides is 1. The molecule has 0 heterocycles. The van der Waals surface area contributed by atoms with E-state index in [1.165, 1.54) is 11.8 Å². The first-order valence-corrected chi connectivity index (χ1v) is 7.51. The summed E-state index contributed by atoms with van der Waals surface area (Å²) in [5, 5.41) is 11.3. The van der Waals surface area contributed by atoms with Gasteiger partial charge < -0.3 is 15.2 Å². The lowest BCUT2D eigenvalue weighted by Crippen LogP contribution is -2.15. The van der Waals surface area contributed by atoms with Gasteiger partial charge in [-0.1, -0.05) is 12.1 Å². The molecule has 1 aromatic rings. The van der Waals surface area contributed by atoms with Crippen LogP contribution in [0.3, 0.4) is 0 Å². The van der Waals surface area contributed by atoms with Crippen molar-refractivity contribution in [3.05, 3.63) is 24.3 Å². The second kappa shape index (κ2) is 9.25. The maximum Gasteiger partial charge on any atom is 0.303 e. The molecule has 0 bridgehead atoms. The van der Waals surface area contributed by atoms with Crippen molar-refractivity contribution >= 4 is 29.3 Å². The van der Waals surface area contributed by atoms with Crippen LogP contribution in [0.25, 0.3) is 0 Å². The van der Waals surface area contributed by atoms with Gasteiger partial charge in [-0.25, -0.2) is 0 Å². The number of carbonyl (C=O) groups excluding carboxylic acids is 1. The first-order chi connectivity index (χ1) is 9.63. The van der Waals surface area contributed by atoms with Crippen molar-refractivity contribution in [2.45, 2.75) is 19.3 Å². The molecule has 1 rings (SSSR count). The van der Waals surface area contributed by atoms with Crippen LogP contribution in [0.4, 0.5) is 5.69 Å². The smallest absolute Gasteiger partial charge is 0.303 e. The van der Waals surface area contributed by atoms with Crippen molar-refractivity contribution in [1.29, 1.82) is 0 Å². The number of nitrogens with one attached hydrogen (secondary N) is 1. The molecule has 20 heavy (non-hydrogen) atoms. The van der Waals surface area contributed by atoms with E-state index in [0.29, 0.717) is 23.6 Å². The highest BCUT2D eigenvalue weighted by atomic mass is 32.2. The van der Waals surface area contributed by atoms with Gasteiger partial charge in [0.2, 0.25) is 5.91 Å². The van der Waals surface area contributed by atoms with E-state index in [-0.39, 0.29) is 12.3 Å². The van der Waals surface area contributed by atoms with Crippen molar-refractivity contribution in [2.75, 3.05) is 23.9 Å². The molecule has 0 aliphatic heterocycles. The van der Waals surface area contributed by atoms with Crippen LogP contribution in [0, 0.1) is 0 Å².